The van der Waals surface area contributed by atoms with Crippen LogP contribution in [0.25, 0.3) is 0 Å². The maximum atomic E-state index is 6.15. The first kappa shape index (κ1) is 14.5. The van der Waals surface area contributed by atoms with E-state index in [2.05, 4.69) is 51.4 Å². The molecule has 0 fully saturated rings. The Hall–Kier alpha value is -0.900. The lowest BCUT2D eigenvalue weighted by atomic mass is 9.94. The molecule has 0 spiro atoms. The van der Waals surface area contributed by atoms with Crippen molar-refractivity contribution in [3.05, 3.63) is 64.4 Å². The molecule has 0 saturated heterocycles. The van der Waals surface area contributed by atoms with Crippen molar-refractivity contribution in [2.24, 2.45) is 0 Å². The second-order valence-corrected chi connectivity index (χ2v) is 5.88. The van der Waals surface area contributed by atoms with E-state index in [4.69, 9.17) is 11.6 Å². The summed E-state index contributed by atoms with van der Waals surface area (Å²) in [6.45, 7) is 2.84. The highest BCUT2D eigenvalue weighted by Gasteiger charge is 2.24. The van der Waals surface area contributed by atoms with Crippen molar-refractivity contribution in [2.75, 3.05) is 5.88 Å². The molecule has 0 aliphatic carbocycles. The maximum Gasteiger partial charge on any atom is 0.0545 e. The minimum absolute atomic E-state index is 0.245. The van der Waals surface area contributed by atoms with Crippen LogP contribution in [0.5, 0.6) is 0 Å². The van der Waals surface area contributed by atoms with Gasteiger partial charge >= 0.3 is 0 Å². The Bertz CT molecular complexity index is 533. The van der Waals surface area contributed by atoms with Gasteiger partial charge in [0.1, 0.15) is 0 Å². The van der Waals surface area contributed by atoms with Crippen LogP contribution in [0.2, 0.25) is 0 Å². The zero-order valence-electron chi connectivity index (χ0n) is 10.7. The summed E-state index contributed by atoms with van der Waals surface area (Å²) in [4.78, 5) is 4.16. The monoisotopic (exact) mass is 338 g/mol. The average Bonchev–Trinajstić information content (AvgIpc) is 2.46. The summed E-state index contributed by atoms with van der Waals surface area (Å²) in [5.41, 5.74) is 2.07. The number of aromatic nitrogens is 1. The molecule has 0 bridgehead atoms. The van der Waals surface area contributed by atoms with Crippen molar-refractivity contribution in [3.63, 3.8) is 0 Å². The molecule has 4 heteroatoms. The molecule has 1 unspecified atom stereocenters. The lowest BCUT2D eigenvalue weighted by Crippen LogP contribution is -2.40. The molecule has 0 saturated carbocycles. The van der Waals surface area contributed by atoms with Crippen LogP contribution in [0.15, 0.2) is 53.3 Å². The first-order valence-electron chi connectivity index (χ1n) is 6.10. The van der Waals surface area contributed by atoms with Crippen molar-refractivity contribution in [1.82, 2.24) is 10.3 Å². The zero-order valence-corrected chi connectivity index (χ0v) is 13.1. The molecule has 1 heterocycles. The Morgan fingerprint density at radius 3 is 2.63 bits per heavy atom. The molecule has 2 nitrogen and oxygen atoms in total. The van der Waals surface area contributed by atoms with Crippen LogP contribution in [0.4, 0.5) is 0 Å². The highest BCUT2D eigenvalue weighted by Crippen LogP contribution is 2.23. The Labute approximate surface area is 127 Å². The minimum atomic E-state index is -0.245. The molecular weight excluding hydrogens is 324 g/mol. The third-order valence-electron chi connectivity index (χ3n) is 3.12. The summed E-state index contributed by atoms with van der Waals surface area (Å²) < 4.78 is 0.985. The van der Waals surface area contributed by atoms with E-state index in [0.29, 0.717) is 5.88 Å². The minimum Gasteiger partial charge on any atom is -0.302 e. The first-order chi connectivity index (χ1) is 9.14. The van der Waals surface area contributed by atoms with E-state index in [1.54, 1.807) is 6.20 Å². The van der Waals surface area contributed by atoms with Crippen molar-refractivity contribution in [2.45, 2.75) is 19.0 Å². The molecule has 0 radical (unpaired) electrons. The summed E-state index contributed by atoms with van der Waals surface area (Å²) in [7, 11) is 0. The fourth-order valence-electron chi connectivity index (χ4n) is 1.88. The van der Waals surface area contributed by atoms with Gasteiger partial charge in [-0.3, -0.25) is 4.98 Å². The molecule has 1 N–H and O–H groups in total. The standard InChI is InChI=1S/C15H16BrClN2/c1-15(11-17,13-5-3-2-4-6-13)19-9-12-7-14(16)10-18-8-12/h2-8,10,19H,9,11H2,1H3. The summed E-state index contributed by atoms with van der Waals surface area (Å²) in [6.07, 6.45) is 3.64. The third kappa shape index (κ3) is 3.78. The van der Waals surface area contributed by atoms with Crippen molar-refractivity contribution < 1.29 is 0 Å². The number of hydrogen-bond donors (Lipinski definition) is 1. The van der Waals surface area contributed by atoms with E-state index in [9.17, 15) is 0 Å². The van der Waals surface area contributed by atoms with E-state index in [-0.39, 0.29) is 5.54 Å². The molecule has 19 heavy (non-hydrogen) atoms. The van der Waals surface area contributed by atoms with E-state index in [1.807, 2.05) is 24.4 Å². The summed E-state index contributed by atoms with van der Waals surface area (Å²) in [5.74, 6) is 0.512. The highest BCUT2D eigenvalue weighted by molar-refractivity contribution is 9.10. The van der Waals surface area contributed by atoms with Gasteiger partial charge in [-0.25, -0.2) is 0 Å². The van der Waals surface area contributed by atoms with Gasteiger partial charge in [-0.2, -0.15) is 0 Å². The summed E-state index contributed by atoms with van der Waals surface area (Å²) in [6, 6.07) is 12.3. The van der Waals surface area contributed by atoms with Crippen molar-refractivity contribution in [1.29, 1.82) is 0 Å². The van der Waals surface area contributed by atoms with Crippen molar-refractivity contribution in [3.8, 4) is 0 Å². The molecule has 2 aromatic rings. The molecule has 1 atom stereocenters. The number of halogens is 2. The highest BCUT2D eigenvalue weighted by atomic mass is 79.9. The molecule has 100 valence electrons. The quantitative estimate of drug-likeness (QED) is 0.830. The number of rotatable bonds is 5. The van der Waals surface area contributed by atoms with Gasteiger partial charge in [0, 0.05) is 29.3 Å². The Morgan fingerprint density at radius 1 is 1.26 bits per heavy atom. The molecule has 1 aromatic carbocycles. The van der Waals surface area contributed by atoms with Crippen molar-refractivity contribution >= 4 is 27.5 Å². The van der Waals surface area contributed by atoms with Crippen LogP contribution in [-0.4, -0.2) is 10.9 Å². The normalized spacial score (nSPS) is 14.1. The van der Waals surface area contributed by atoms with E-state index < -0.39 is 0 Å². The largest absolute Gasteiger partial charge is 0.302 e. The Balaban J connectivity index is 2.11. The number of hydrogen-bond acceptors (Lipinski definition) is 2. The number of nitrogens with zero attached hydrogens (tertiary/aromatic N) is 1. The smallest absolute Gasteiger partial charge is 0.0545 e. The maximum absolute atomic E-state index is 6.15. The van der Waals surface area contributed by atoms with Gasteiger partial charge in [-0.05, 0) is 40.0 Å². The molecule has 2 rings (SSSR count). The topological polar surface area (TPSA) is 24.9 Å². The first-order valence-corrected chi connectivity index (χ1v) is 7.43. The zero-order chi connectivity index (χ0) is 13.7. The number of pyridine rings is 1. The molecular formula is C15H16BrClN2. The van der Waals surface area contributed by atoms with Gasteiger partial charge in [0.15, 0.2) is 0 Å². The molecule has 1 aromatic heterocycles. The Kier molecular flexibility index (Phi) is 4.97. The predicted octanol–water partition coefficient (Wildman–Crippen LogP) is 4.09. The van der Waals surface area contributed by atoms with E-state index in [0.717, 1.165) is 16.6 Å². The van der Waals surface area contributed by atoms with Gasteiger partial charge in [-0.1, -0.05) is 30.3 Å². The number of benzene rings is 1. The van der Waals surface area contributed by atoms with Crippen LogP contribution in [0, 0.1) is 0 Å². The van der Waals surface area contributed by atoms with Crippen LogP contribution in [0.1, 0.15) is 18.1 Å². The second-order valence-electron chi connectivity index (χ2n) is 4.70. The fourth-order valence-corrected chi connectivity index (χ4v) is 2.54. The van der Waals surface area contributed by atoms with Gasteiger partial charge in [-0.15, -0.1) is 11.6 Å². The van der Waals surface area contributed by atoms with Gasteiger partial charge < -0.3 is 5.32 Å². The lowest BCUT2D eigenvalue weighted by molar-refractivity contribution is 0.406. The molecule has 0 amide bonds. The van der Waals surface area contributed by atoms with E-state index in [1.165, 1.54) is 5.56 Å². The van der Waals surface area contributed by atoms with Crippen LogP contribution < -0.4 is 5.32 Å². The third-order valence-corrected chi connectivity index (χ3v) is 4.09. The number of alkyl halides is 1. The van der Waals surface area contributed by atoms with Gasteiger partial charge in [0.25, 0.3) is 0 Å². The van der Waals surface area contributed by atoms with Crippen LogP contribution in [-0.2, 0) is 12.1 Å². The van der Waals surface area contributed by atoms with Gasteiger partial charge in [0.05, 0.1) is 5.54 Å². The summed E-state index contributed by atoms with van der Waals surface area (Å²) >= 11 is 9.58. The number of nitrogens with one attached hydrogen (secondary N) is 1. The fraction of sp³-hybridized carbons (Fsp3) is 0.267. The second kappa shape index (κ2) is 6.51. The average molecular weight is 340 g/mol. The molecule has 0 aliphatic rings. The van der Waals surface area contributed by atoms with E-state index >= 15 is 0 Å². The Morgan fingerprint density at radius 2 is 2.00 bits per heavy atom. The van der Waals surface area contributed by atoms with Crippen LogP contribution in [0.3, 0.4) is 0 Å². The SMILES string of the molecule is CC(CCl)(NCc1cncc(Br)c1)c1ccccc1. The van der Waals surface area contributed by atoms with Gasteiger partial charge in [0.2, 0.25) is 0 Å². The predicted molar refractivity (Wildman–Crippen MR) is 83.3 cm³/mol. The summed E-state index contributed by atoms with van der Waals surface area (Å²) in [5, 5.41) is 3.51. The van der Waals surface area contributed by atoms with Crippen LogP contribution >= 0.6 is 27.5 Å². The molecule has 0 aliphatic heterocycles. The lowest BCUT2D eigenvalue weighted by Gasteiger charge is -2.29.